The lowest BCUT2D eigenvalue weighted by Gasteiger charge is -2.04. The average molecular weight is 414 g/mol. The highest BCUT2D eigenvalue weighted by molar-refractivity contribution is 6.19. The van der Waals surface area contributed by atoms with Gasteiger partial charge in [-0.2, -0.15) is 17.6 Å². The van der Waals surface area contributed by atoms with Crippen molar-refractivity contribution in [3.63, 3.8) is 0 Å². The van der Waals surface area contributed by atoms with E-state index < -0.39 is 12.1 Å². The zero-order valence-electron chi connectivity index (χ0n) is 16.1. The van der Waals surface area contributed by atoms with Crippen LogP contribution in [0.4, 0.5) is 13.2 Å². The van der Waals surface area contributed by atoms with Crippen molar-refractivity contribution >= 4 is 44.5 Å². The van der Waals surface area contributed by atoms with E-state index in [-0.39, 0.29) is 0 Å². The number of carboxylic acid groups (broad SMARTS) is 1. The van der Waals surface area contributed by atoms with E-state index in [9.17, 15) is 13.2 Å². The van der Waals surface area contributed by atoms with Crippen LogP contribution >= 0.6 is 0 Å². The molecular formula is C22H17F3N2O3. The van der Waals surface area contributed by atoms with Crippen LogP contribution in [0, 0.1) is 0 Å². The Morgan fingerprint density at radius 1 is 1.07 bits per heavy atom. The molecule has 5 rings (SSSR count). The van der Waals surface area contributed by atoms with Gasteiger partial charge in [-0.15, -0.1) is 0 Å². The molecule has 0 saturated heterocycles. The number of fused-ring (bicyclic) bond motifs is 8. The second-order valence-electron chi connectivity index (χ2n) is 7.10. The molecule has 0 spiro atoms. The topological polar surface area (TPSA) is 61.6 Å². The number of aromatic nitrogens is 2. The van der Waals surface area contributed by atoms with E-state index in [1.165, 1.54) is 21.9 Å². The first-order chi connectivity index (χ1) is 14.2. The number of furan rings is 1. The number of halogens is 3. The highest BCUT2D eigenvalue weighted by Gasteiger charge is 2.29. The zero-order chi connectivity index (χ0) is 21.6. The summed E-state index contributed by atoms with van der Waals surface area (Å²) in [6.45, 7) is 4.42. The van der Waals surface area contributed by atoms with Gasteiger partial charge >= 0.3 is 6.18 Å². The molecule has 0 saturated carbocycles. The number of hydrogen-bond acceptors (Lipinski definition) is 3. The predicted molar refractivity (Wildman–Crippen MR) is 104 cm³/mol. The number of aliphatic carboxylic acids is 1. The Hall–Kier alpha value is -3.55. The van der Waals surface area contributed by atoms with Crippen molar-refractivity contribution in [2.75, 3.05) is 0 Å². The number of alkyl halides is 3. The minimum Gasteiger partial charge on any atom is -0.542 e. The van der Waals surface area contributed by atoms with E-state index >= 15 is 0 Å². The summed E-state index contributed by atoms with van der Waals surface area (Å²) in [7, 11) is 0. The van der Waals surface area contributed by atoms with Crippen molar-refractivity contribution in [1.82, 2.24) is 4.40 Å². The molecule has 5 nitrogen and oxygen atoms in total. The monoisotopic (exact) mass is 414 g/mol. The smallest absolute Gasteiger partial charge is 0.430 e. The van der Waals surface area contributed by atoms with E-state index in [1.54, 1.807) is 0 Å². The average Bonchev–Trinajstić information content (AvgIpc) is 3.29. The fourth-order valence-electron chi connectivity index (χ4n) is 3.60. The molecule has 0 fully saturated rings. The zero-order valence-corrected chi connectivity index (χ0v) is 16.1. The number of benzene rings is 2. The van der Waals surface area contributed by atoms with Crippen molar-refractivity contribution in [2.45, 2.75) is 26.1 Å². The standard InChI is InChI=1S/C20H17N2O.C2HF3O2/c1-13(2)21-11-12-22-16-9-5-3-7-14(16)19-18(20(21)22)15-8-4-6-10-17(15)23-19;3-2(4,5)1(6)7/h3-13H,1-2H3;(H,6,7)/q+1;/p-1. The quantitative estimate of drug-likeness (QED) is 0.387. The summed E-state index contributed by atoms with van der Waals surface area (Å²) in [5.41, 5.74) is 4.28. The molecule has 0 bridgehead atoms. The molecule has 154 valence electrons. The Morgan fingerprint density at radius 2 is 1.67 bits per heavy atom. The largest absolute Gasteiger partial charge is 0.542 e. The molecule has 0 unspecified atom stereocenters. The minimum absolute atomic E-state index is 0.387. The third-order valence-corrected chi connectivity index (χ3v) is 4.86. The van der Waals surface area contributed by atoms with Gasteiger partial charge in [0.25, 0.3) is 5.65 Å². The maximum absolute atomic E-state index is 10.5. The van der Waals surface area contributed by atoms with E-state index in [1.807, 2.05) is 12.1 Å². The number of carbonyl (C=O) groups excluding carboxylic acids is 1. The second-order valence-corrected chi connectivity index (χ2v) is 7.10. The summed E-state index contributed by atoms with van der Waals surface area (Å²) < 4.78 is 42.4. The lowest BCUT2D eigenvalue weighted by atomic mass is 10.1. The number of imidazole rings is 1. The number of nitrogens with zero attached hydrogens (tertiary/aromatic N) is 2. The van der Waals surface area contributed by atoms with Crippen LogP contribution in [0.15, 0.2) is 65.3 Å². The maximum atomic E-state index is 10.5. The molecule has 0 aliphatic carbocycles. The third-order valence-electron chi connectivity index (χ3n) is 4.86. The van der Waals surface area contributed by atoms with Crippen LogP contribution in [0.5, 0.6) is 0 Å². The highest BCUT2D eigenvalue weighted by atomic mass is 19.4. The molecule has 8 heteroatoms. The van der Waals surface area contributed by atoms with Crippen LogP contribution in [0.3, 0.4) is 0 Å². The highest BCUT2D eigenvalue weighted by Crippen LogP contribution is 2.36. The molecule has 3 aromatic heterocycles. The minimum atomic E-state index is -5.19. The lowest BCUT2D eigenvalue weighted by Crippen LogP contribution is -2.37. The van der Waals surface area contributed by atoms with E-state index in [0.717, 1.165) is 16.6 Å². The van der Waals surface area contributed by atoms with Gasteiger partial charge in [0.2, 0.25) is 0 Å². The normalized spacial score (nSPS) is 12.1. The van der Waals surface area contributed by atoms with Crippen LogP contribution in [0.1, 0.15) is 19.9 Å². The van der Waals surface area contributed by atoms with Gasteiger partial charge in [0, 0.05) is 5.39 Å². The van der Waals surface area contributed by atoms with Gasteiger partial charge in [0.1, 0.15) is 34.8 Å². The fraction of sp³-hybridized carbons (Fsp3) is 0.182. The first kappa shape index (κ1) is 19.8. The SMILES string of the molecule is CC(C)[n+]1ccn2c3ccccc3c3oc4ccccc4c3c21.O=C([O-])C(F)(F)F. The Labute approximate surface area is 168 Å². The molecule has 0 atom stereocenters. The van der Waals surface area contributed by atoms with Gasteiger partial charge < -0.3 is 14.3 Å². The van der Waals surface area contributed by atoms with Crippen molar-refractivity contribution in [1.29, 1.82) is 0 Å². The van der Waals surface area contributed by atoms with Crippen LogP contribution < -0.4 is 9.67 Å². The summed E-state index contributed by atoms with van der Waals surface area (Å²) >= 11 is 0. The predicted octanol–water partition coefficient (Wildman–Crippen LogP) is 4.16. The van der Waals surface area contributed by atoms with Gasteiger partial charge in [0.15, 0.2) is 5.58 Å². The number of carbonyl (C=O) groups is 1. The summed E-state index contributed by atoms with van der Waals surface area (Å²) in [6.07, 6.45) is -0.882. The van der Waals surface area contributed by atoms with Crippen molar-refractivity contribution in [3.05, 3.63) is 60.9 Å². The maximum Gasteiger partial charge on any atom is 0.430 e. The van der Waals surface area contributed by atoms with Crippen LogP contribution in [0.2, 0.25) is 0 Å². The third kappa shape index (κ3) is 3.14. The molecule has 0 aliphatic rings. The summed E-state index contributed by atoms with van der Waals surface area (Å²) in [4.78, 5) is 8.78. The Balaban J connectivity index is 0.000000272. The van der Waals surface area contributed by atoms with E-state index in [0.29, 0.717) is 6.04 Å². The molecule has 0 aliphatic heterocycles. The van der Waals surface area contributed by atoms with E-state index in [4.69, 9.17) is 14.3 Å². The van der Waals surface area contributed by atoms with Crippen molar-refractivity contribution < 1.29 is 32.1 Å². The summed E-state index contributed by atoms with van der Waals surface area (Å²) in [5.74, 6) is -3.01. The lowest BCUT2D eigenvalue weighted by molar-refractivity contribution is -0.690. The van der Waals surface area contributed by atoms with E-state index in [2.05, 4.69) is 71.6 Å². The van der Waals surface area contributed by atoms with Gasteiger partial charge in [0.05, 0.1) is 11.4 Å². The molecule has 0 N–H and O–H groups in total. The van der Waals surface area contributed by atoms with Gasteiger partial charge in [-0.05, 0) is 32.0 Å². The summed E-state index contributed by atoms with van der Waals surface area (Å²) in [5, 5.41) is 12.3. The molecule has 2 aromatic carbocycles. The van der Waals surface area contributed by atoms with Crippen LogP contribution in [0.25, 0.3) is 38.5 Å². The Bertz CT molecular complexity index is 1400. The first-order valence-electron chi connectivity index (χ1n) is 9.22. The van der Waals surface area contributed by atoms with Crippen LogP contribution in [-0.2, 0) is 4.79 Å². The first-order valence-corrected chi connectivity index (χ1v) is 9.22. The number of carboxylic acids is 1. The number of hydrogen-bond donors (Lipinski definition) is 0. The number of pyridine rings is 1. The van der Waals surface area contributed by atoms with Gasteiger partial charge in [-0.1, -0.05) is 30.3 Å². The molecule has 3 heterocycles. The Kier molecular flexibility index (Phi) is 4.64. The number of para-hydroxylation sites is 2. The molecule has 0 amide bonds. The Morgan fingerprint density at radius 3 is 2.30 bits per heavy atom. The molecule has 0 radical (unpaired) electrons. The van der Waals surface area contributed by atoms with Crippen molar-refractivity contribution in [3.8, 4) is 0 Å². The molecule has 5 aromatic rings. The molecular weight excluding hydrogens is 397 g/mol. The van der Waals surface area contributed by atoms with Crippen molar-refractivity contribution in [2.24, 2.45) is 0 Å². The molecule has 30 heavy (non-hydrogen) atoms. The summed E-state index contributed by atoms with van der Waals surface area (Å²) in [6, 6.07) is 17.1. The van der Waals surface area contributed by atoms with Crippen LogP contribution in [-0.4, -0.2) is 16.5 Å². The number of rotatable bonds is 1. The van der Waals surface area contributed by atoms with Gasteiger partial charge in [-0.25, -0.2) is 4.57 Å². The van der Waals surface area contributed by atoms with Gasteiger partial charge in [-0.3, -0.25) is 0 Å². The fourth-order valence-corrected chi connectivity index (χ4v) is 3.60. The second kappa shape index (κ2) is 7.05.